The molecule has 2 fully saturated rings. The number of benzene rings is 1. The molecule has 1 aromatic rings. The first-order chi connectivity index (χ1) is 9.34. The third-order valence-electron chi connectivity index (χ3n) is 4.53. The SMILES string of the molecule is NC1CSCON2CCC3c4ccccc4NC3C12. The van der Waals surface area contributed by atoms with Crippen molar-refractivity contribution in [2.75, 3.05) is 23.6 Å². The number of rotatable bonds is 0. The van der Waals surface area contributed by atoms with Crippen LogP contribution in [0.25, 0.3) is 0 Å². The highest BCUT2D eigenvalue weighted by Crippen LogP contribution is 2.44. The Balaban J connectivity index is 1.68. The second-order valence-corrected chi connectivity index (χ2v) is 6.54. The van der Waals surface area contributed by atoms with Crippen molar-refractivity contribution in [3.05, 3.63) is 29.8 Å². The van der Waals surface area contributed by atoms with E-state index in [0.717, 1.165) is 24.7 Å². The largest absolute Gasteiger partial charge is 0.380 e. The predicted octanol–water partition coefficient (Wildman–Crippen LogP) is 1.60. The lowest BCUT2D eigenvalue weighted by Gasteiger charge is -2.43. The number of nitrogens with one attached hydrogen (secondary N) is 1. The Labute approximate surface area is 117 Å². The van der Waals surface area contributed by atoms with Crippen LogP contribution in [0.5, 0.6) is 0 Å². The van der Waals surface area contributed by atoms with Crippen LogP contribution in [-0.4, -0.2) is 41.4 Å². The Morgan fingerprint density at radius 1 is 1.37 bits per heavy atom. The van der Waals surface area contributed by atoms with Gasteiger partial charge in [-0.2, -0.15) is 5.06 Å². The molecule has 0 spiro atoms. The Morgan fingerprint density at radius 2 is 2.26 bits per heavy atom. The van der Waals surface area contributed by atoms with Gasteiger partial charge >= 0.3 is 0 Å². The summed E-state index contributed by atoms with van der Waals surface area (Å²) in [5, 5.41) is 5.81. The van der Waals surface area contributed by atoms with E-state index in [1.54, 1.807) is 11.8 Å². The fourth-order valence-corrected chi connectivity index (χ4v) is 4.47. The summed E-state index contributed by atoms with van der Waals surface area (Å²) in [6, 6.07) is 9.49. The molecule has 4 unspecified atom stereocenters. The van der Waals surface area contributed by atoms with E-state index in [1.807, 2.05) is 0 Å². The zero-order valence-electron chi connectivity index (χ0n) is 10.8. The fraction of sp³-hybridized carbons (Fsp3) is 0.571. The monoisotopic (exact) mass is 277 g/mol. The maximum atomic E-state index is 6.40. The quantitative estimate of drug-likeness (QED) is 0.754. The first kappa shape index (κ1) is 12.0. The van der Waals surface area contributed by atoms with Crippen molar-refractivity contribution in [1.29, 1.82) is 0 Å². The van der Waals surface area contributed by atoms with Gasteiger partial charge in [0.05, 0.1) is 12.1 Å². The highest BCUT2D eigenvalue weighted by molar-refractivity contribution is 7.99. The third kappa shape index (κ3) is 1.88. The zero-order valence-corrected chi connectivity index (χ0v) is 11.6. The number of fused-ring (bicyclic) bond motifs is 5. The Morgan fingerprint density at radius 3 is 3.21 bits per heavy atom. The van der Waals surface area contributed by atoms with Crippen molar-refractivity contribution in [3.63, 3.8) is 0 Å². The van der Waals surface area contributed by atoms with Gasteiger partial charge < -0.3 is 11.1 Å². The van der Waals surface area contributed by atoms with E-state index in [-0.39, 0.29) is 12.1 Å². The number of piperidine rings is 1. The zero-order chi connectivity index (χ0) is 12.8. The second kappa shape index (κ2) is 4.66. The molecule has 0 radical (unpaired) electrons. The van der Waals surface area contributed by atoms with Crippen LogP contribution in [0.4, 0.5) is 5.69 Å². The van der Waals surface area contributed by atoms with Gasteiger partial charge in [-0.25, -0.2) is 0 Å². The lowest BCUT2D eigenvalue weighted by Crippen LogP contribution is -2.60. The molecule has 4 nitrogen and oxygen atoms in total. The van der Waals surface area contributed by atoms with Gasteiger partial charge in [-0.05, 0) is 18.1 Å². The molecule has 2 saturated heterocycles. The summed E-state index contributed by atoms with van der Waals surface area (Å²) in [5.41, 5.74) is 9.13. The van der Waals surface area contributed by atoms with Crippen molar-refractivity contribution >= 4 is 17.4 Å². The van der Waals surface area contributed by atoms with Crippen LogP contribution in [0.15, 0.2) is 24.3 Å². The summed E-state index contributed by atoms with van der Waals surface area (Å²) in [6.07, 6.45) is 1.14. The number of hydrogen-bond acceptors (Lipinski definition) is 5. The summed E-state index contributed by atoms with van der Waals surface area (Å²) in [4.78, 5) is 5.86. The molecule has 3 aliphatic rings. The molecule has 3 N–H and O–H groups in total. The molecule has 0 amide bonds. The molecule has 0 saturated carbocycles. The number of hydroxylamine groups is 2. The van der Waals surface area contributed by atoms with E-state index >= 15 is 0 Å². The molecular weight excluding hydrogens is 258 g/mol. The highest BCUT2D eigenvalue weighted by Gasteiger charge is 2.46. The molecule has 0 aliphatic carbocycles. The van der Waals surface area contributed by atoms with E-state index in [0.29, 0.717) is 12.0 Å². The van der Waals surface area contributed by atoms with E-state index in [2.05, 4.69) is 34.6 Å². The van der Waals surface area contributed by atoms with E-state index in [1.165, 1.54) is 11.3 Å². The summed E-state index contributed by atoms with van der Waals surface area (Å²) < 4.78 is 0. The van der Waals surface area contributed by atoms with Crippen molar-refractivity contribution in [2.45, 2.75) is 30.5 Å². The first-order valence-corrected chi connectivity index (χ1v) is 8.08. The van der Waals surface area contributed by atoms with Crippen LogP contribution < -0.4 is 11.1 Å². The number of hydrogen-bond donors (Lipinski definition) is 2. The number of thioether (sulfide) groups is 1. The van der Waals surface area contributed by atoms with Crippen molar-refractivity contribution in [3.8, 4) is 0 Å². The Kier molecular flexibility index (Phi) is 2.95. The summed E-state index contributed by atoms with van der Waals surface area (Å²) >= 11 is 1.79. The van der Waals surface area contributed by atoms with Crippen LogP contribution in [-0.2, 0) is 4.84 Å². The van der Waals surface area contributed by atoms with Crippen LogP contribution in [0.1, 0.15) is 17.9 Å². The molecule has 19 heavy (non-hydrogen) atoms. The van der Waals surface area contributed by atoms with E-state index < -0.39 is 0 Å². The molecule has 1 aromatic carbocycles. The molecule has 3 heterocycles. The lowest BCUT2D eigenvalue weighted by atomic mass is 9.82. The Bertz CT molecular complexity index is 484. The maximum Gasteiger partial charge on any atom is 0.114 e. The predicted molar refractivity (Wildman–Crippen MR) is 78.1 cm³/mol. The maximum absolute atomic E-state index is 6.40. The van der Waals surface area contributed by atoms with Gasteiger partial charge in [0, 0.05) is 29.9 Å². The van der Waals surface area contributed by atoms with Crippen molar-refractivity contribution in [2.24, 2.45) is 5.73 Å². The molecule has 0 aromatic heterocycles. The minimum atomic E-state index is 0.169. The van der Waals surface area contributed by atoms with Gasteiger partial charge in [0.25, 0.3) is 0 Å². The number of anilines is 1. The van der Waals surface area contributed by atoms with Crippen LogP contribution >= 0.6 is 11.8 Å². The van der Waals surface area contributed by atoms with Gasteiger partial charge in [-0.1, -0.05) is 18.2 Å². The summed E-state index contributed by atoms with van der Waals surface area (Å²) in [5.74, 6) is 2.28. The van der Waals surface area contributed by atoms with E-state index in [4.69, 9.17) is 10.6 Å². The average molecular weight is 277 g/mol. The molecule has 3 aliphatic heterocycles. The molecule has 4 atom stereocenters. The third-order valence-corrected chi connectivity index (χ3v) is 5.42. The van der Waals surface area contributed by atoms with Gasteiger partial charge in [-0.15, -0.1) is 11.8 Å². The van der Waals surface area contributed by atoms with Gasteiger partial charge in [0.2, 0.25) is 0 Å². The lowest BCUT2D eigenvalue weighted by molar-refractivity contribution is -0.186. The minimum Gasteiger partial charge on any atom is -0.380 e. The van der Waals surface area contributed by atoms with Crippen LogP contribution in [0, 0.1) is 0 Å². The fourth-order valence-electron chi connectivity index (χ4n) is 3.70. The summed E-state index contributed by atoms with van der Waals surface area (Å²) in [7, 11) is 0. The Hall–Kier alpha value is -0.750. The first-order valence-electron chi connectivity index (χ1n) is 6.93. The molecule has 5 heteroatoms. The van der Waals surface area contributed by atoms with E-state index in [9.17, 15) is 0 Å². The number of nitrogens with two attached hydrogens (primary N) is 1. The summed E-state index contributed by atoms with van der Waals surface area (Å²) in [6.45, 7) is 0.982. The highest BCUT2D eigenvalue weighted by atomic mass is 32.2. The smallest absolute Gasteiger partial charge is 0.114 e. The van der Waals surface area contributed by atoms with Crippen LogP contribution in [0.2, 0.25) is 0 Å². The standard InChI is InChI=1S/C14H19N3OS/c15-11-7-19-8-18-17-6-5-10-9-3-1-2-4-12(9)16-13(10)14(11)17/h1-4,10-11,13-14,16H,5-8,15H2. The topological polar surface area (TPSA) is 50.5 Å². The van der Waals surface area contributed by atoms with Gasteiger partial charge in [0.15, 0.2) is 0 Å². The minimum absolute atomic E-state index is 0.169. The number of para-hydroxylation sites is 1. The molecular formula is C14H19N3OS. The normalized spacial score (nSPS) is 37.7. The molecule has 4 rings (SSSR count). The van der Waals surface area contributed by atoms with Crippen molar-refractivity contribution in [1.82, 2.24) is 5.06 Å². The second-order valence-electron chi connectivity index (χ2n) is 5.57. The van der Waals surface area contributed by atoms with Gasteiger partial charge in [-0.3, -0.25) is 4.84 Å². The van der Waals surface area contributed by atoms with Gasteiger partial charge in [0.1, 0.15) is 5.94 Å². The molecule has 0 bridgehead atoms. The number of nitrogens with zero attached hydrogens (tertiary/aromatic N) is 1. The molecule has 102 valence electrons. The average Bonchev–Trinajstić information content (AvgIpc) is 2.70. The van der Waals surface area contributed by atoms with Crippen LogP contribution in [0.3, 0.4) is 0 Å². The van der Waals surface area contributed by atoms with Crippen molar-refractivity contribution < 1.29 is 4.84 Å².